The summed E-state index contributed by atoms with van der Waals surface area (Å²) in [4.78, 5) is 0. The van der Waals surface area contributed by atoms with Crippen LogP contribution < -0.4 is 0 Å². The van der Waals surface area contributed by atoms with Crippen molar-refractivity contribution < 1.29 is 10.2 Å². The summed E-state index contributed by atoms with van der Waals surface area (Å²) in [6.45, 7) is 4.02. The van der Waals surface area contributed by atoms with Gasteiger partial charge in [-0.2, -0.15) is 0 Å². The minimum absolute atomic E-state index is 0.625. The lowest BCUT2D eigenvalue weighted by Gasteiger charge is -2.45. The van der Waals surface area contributed by atoms with E-state index < -0.39 is 11.2 Å². The fraction of sp³-hybridized carbons (Fsp3) is 0.143. The lowest BCUT2D eigenvalue weighted by molar-refractivity contribution is -0.113. The molecule has 0 saturated carbocycles. The largest absolute Gasteiger partial charge is 0.377 e. The van der Waals surface area contributed by atoms with Gasteiger partial charge in [-0.1, -0.05) is 120 Å². The molecule has 4 aromatic rings. The zero-order chi connectivity index (χ0) is 21.2. The molecule has 0 saturated heterocycles. The Balaban J connectivity index is 2.08. The maximum Gasteiger partial charge on any atom is 0.152 e. The first-order chi connectivity index (χ1) is 14.5. The van der Waals surface area contributed by atoms with Gasteiger partial charge in [-0.25, -0.2) is 0 Å². The zero-order valence-corrected chi connectivity index (χ0v) is 17.3. The molecule has 2 nitrogen and oxygen atoms in total. The highest BCUT2D eigenvalue weighted by atomic mass is 16.4. The van der Waals surface area contributed by atoms with Crippen molar-refractivity contribution in [1.82, 2.24) is 0 Å². The van der Waals surface area contributed by atoms with Crippen molar-refractivity contribution >= 4 is 0 Å². The van der Waals surface area contributed by atoms with Crippen molar-refractivity contribution in [2.24, 2.45) is 0 Å². The molecule has 0 fully saturated rings. The Morgan fingerprint density at radius 3 is 0.967 bits per heavy atom. The molecule has 0 aliphatic rings. The van der Waals surface area contributed by atoms with Crippen LogP contribution in [0.3, 0.4) is 0 Å². The molecule has 0 radical (unpaired) electrons. The van der Waals surface area contributed by atoms with Crippen molar-refractivity contribution in [3.8, 4) is 0 Å². The van der Waals surface area contributed by atoms with E-state index in [4.69, 9.17) is 0 Å². The van der Waals surface area contributed by atoms with Gasteiger partial charge >= 0.3 is 0 Å². The van der Waals surface area contributed by atoms with Crippen LogP contribution in [0.2, 0.25) is 0 Å². The molecule has 0 unspecified atom stereocenters. The molecule has 0 heterocycles. The summed E-state index contributed by atoms with van der Waals surface area (Å²) in [5.74, 6) is 0. The SMILES string of the molecule is Cc1ccc(C(O)(c2ccc(C)cc2)C(O)(c2ccccc2)c2ccccc2)cc1. The summed E-state index contributed by atoms with van der Waals surface area (Å²) in [7, 11) is 0. The predicted molar refractivity (Wildman–Crippen MR) is 121 cm³/mol. The summed E-state index contributed by atoms with van der Waals surface area (Å²) < 4.78 is 0. The minimum Gasteiger partial charge on any atom is -0.377 e. The summed E-state index contributed by atoms with van der Waals surface area (Å²) in [5.41, 5.74) is 1.27. The van der Waals surface area contributed by atoms with Gasteiger partial charge in [0.05, 0.1) is 0 Å². The Bertz CT molecular complexity index is 1010. The molecule has 0 atom stereocenters. The van der Waals surface area contributed by atoms with E-state index in [1.165, 1.54) is 0 Å². The van der Waals surface area contributed by atoms with Crippen LogP contribution in [0.1, 0.15) is 33.4 Å². The number of benzene rings is 4. The molecule has 2 N–H and O–H groups in total. The number of hydrogen-bond acceptors (Lipinski definition) is 2. The Labute approximate surface area is 178 Å². The normalized spacial score (nSPS) is 12.0. The van der Waals surface area contributed by atoms with Gasteiger partial charge in [-0.3, -0.25) is 0 Å². The average Bonchev–Trinajstić information content (AvgIpc) is 2.80. The summed E-state index contributed by atoms with van der Waals surface area (Å²) in [6, 6.07) is 34.2. The first-order valence-corrected chi connectivity index (χ1v) is 10.2. The van der Waals surface area contributed by atoms with Crippen molar-refractivity contribution in [2.75, 3.05) is 0 Å². The standard InChI is InChI=1S/C28H26O2/c1-21-13-17-25(18-14-21)28(30,26-19-15-22(2)16-20-26)27(29,23-9-5-3-6-10-23)24-11-7-4-8-12-24/h3-20,29-30H,1-2H3. The Kier molecular flexibility index (Phi) is 5.29. The number of rotatable bonds is 5. The van der Waals surface area contributed by atoms with Gasteiger partial charge in [-0.15, -0.1) is 0 Å². The van der Waals surface area contributed by atoms with Crippen LogP contribution in [0.4, 0.5) is 0 Å². The number of aliphatic hydroxyl groups is 2. The molecule has 4 aromatic carbocycles. The Morgan fingerprint density at radius 2 is 0.667 bits per heavy atom. The van der Waals surface area contributed by atoms with Crippen molar-refractivity contribution in [3.05, 3.63) is 143 Å². The third kappa shape index (κ3) is 3.24. The van der Waals surface area contributed by atoms with Crippen molar-refractivity contribution in [2.45, 2.75) is 25.0 Å². The lowest BCUT2D eigenvalue weighted by atomic mass is 9.66. The van der Waals surface area contributed by atoms with E-state index in [2.05, 4.69) is 0 Å². The predicted octanol–water partition coefficient (Wildman–Crippen LogP) is 5.48. The molecule has 0 amide bonds. The van der Waals surface area contributed by atoms with Crippen LogP contribution >= 0.6 is 0 Å². The highest BCUT2D eigenvalue weighted by Gasteiger charge is 2.54. The minimum atomic E-state index is -1.71. The monoisotopic (exact) mass is 394 g/mol. The van der Waals surface area contributed by atoms with E-state index in [9.17, 15) is 10.2 Å². The topological polar surface area (TPSA) is 40.5 Å². The van der Waals surface area contributed by atoms with Gasteiger partial charge in [0, 0.05) is 0 Å². The summed E-state index contributed by atoms with van der Waals surface area (Å²) in [5, 5.41) is 25.0. The summed E-state index contributed by atoms with van der Waals surface area (Å²) >= 11 is 0. The molecular formula is C28H26O2. The highest BCUT2D eigenvalue weighted by molar-refractivity contribution is 5.51. The molecule has 4 rings (SSSR count). The molecule has 0 spiro atoms. The third-order valence-corrected chi connectivity index (χ3v) is 5.85. The fourth-order valence-corrected chi connectivity index (χ4v) is 4.12. The molecule has 30 heavy (non-hydrogen) atoms. The fourth-order valence-electron chi connectivity index (χ4n) is 4.12. The van der Waals surface area contributed by atoms with Crippen LogP contribution in [0.15, 0.2) is 109 Å². The maximum atomic E-state index is 12.5. The Hall–Kier alpha value is -3.20. The lowest BCUT2D eigenvalue weighted by Crippen LogP contribution is -2.51. The van der Waals surface area contributed by atoms with Gasteiger partial charge in [0.2, 0.25) is 0 Å². The van der Waals surface area contributed by atoms with Gasteiger partial charge in [0.15, 0.2) is 11.2 Å². The number of hydrogen-bond donors (Lipinski definition) is 2. The first-order valence-electron chi connectivity index (χ1n) is 10.2. The summed E-state index contributed by atoms with van der Waals surface area (Å²) in [6.07, 6.45) is 0. The molecule has 0 aliphatic heterocycles. The van der Waals surface area contributed by atoms with E-state index in [0.29, 0.717) is 22.3 Å². The van der Waals surface area contributed by atoms with Crippen LogP contribution in [0.25, 0.3) is 0 Å². The molecule has 2 heteroatoms. The molecule has 0 bridgehead atoms. The quantitative estimate of drug-likeness (QED) is 0.471. The third-order valence-electron chi connectivity index (χ3n) is 5.85. The van der Waals surface area contributed by atoms with Crippen LogP contribution in [0.5, 0.6) is 0 Å². The second kappa shape index (κ2) is 7.91. The molecule has 0 aromatic heterocycles. The van der Waals surface area contributed by atoms with Gasteiger partial charge < -0.3 is 10.2 Å². The van der Waals surface area contributed by atoms with Gasteiger partial charge in [-0.05, 0) is 36.1 Å². The van der Waals surface area contributed by atoms with Crippen molar-refractivity contribution in [3.63, 3.8) is 0 Å². The van der Waals surface area contributed by atoms with E-state index in [1.807, 2.05) is 123 Å². The molecule has 0 aliphatic carbocycles. The number of aryl methyl sites for hydroxylation is 2. The highest BCUT2D eigenvalue weighted by Crippen LogP contribution is 2.49. The first kappa shape index (κ1) is 20.1. The van der Waals surface area contributed by atoms with E-state index in [-0.39, 0.29) is 0 Å². The van der Waals surface area contributed by atoms with Gasteiger partial charge in [0.1, 0.15) is 0 Å². The van der Waals surface area contributed by atoms with Crippen molar-refractivity contribution in [1.29, 1.82) is 0 Å². The Morgan fingerprint density at radius 1 is 0.400 bits per heavy atom. The van der Waals surface area contributed by atoms with E-state index in [0.717, 1.165) is 11.1 Å². The average molecular weight is 395 g/mol. The molecule has 150 valence electrons. The van der Waals surface area contributed by atoms with E-state index in [1.54, 1.807) is 0 Å². The van der Waals surface area contributed by atoms with Crippen LogP contribution in [-0.2, 0) is 11.2 Å². The van der Waals surface area contributed by atoms with Crippen LogP contribution in [0, 0.1) is 13.8 Å². The van der Waals surface area contributed by atoms with E-state index >= 15 is 0 Å². The van der Waals surface area contributed by atoms with Crippen LogP contribution in [-0.4, -0.2) is 10.2 Å². The second-order valence-electron chi connectivity index (χ2n) is 7.88. The maximum absolute atomic E-state index is 12.5. The second-order valence-corrected chi connectivity index (χ2v) is 7.88. The smallest absolute Gasteiger partial charge is 0.152 e. The zero-order valence-electron chi connectivity index (χ0n) is 17.3. The van der Waals surface area contributed by atoms with Gasteiger partial charge in [0.25, 0.3) is 0 Å². The molecular weight excluding hydrogens is 368 g/mol.